The lowest BCUT2D eigenvalue weighted by Gasteiger charge is -2.21. The van der Waals surface area contributed by atoms with Crippen molar-refractivity contribution < 1.29 is 4.79 Å². The summed E-state index contributed by atoms with van der Waals surface area (Å²) in [4.78, 5) is 17.9. The summed E-state index contributed by atoms with van der Waals surface area (Å²) in [5.41, 5.74) is 7.82. The molecule has 114 valence electrons. The fourth-order valence-electron chi connectivity index (χ4n) is 3.02. The van der Waals surface area contributed by atoms with Crippen molar-refractivity contribution in [3.63, 3.8) is 0 Å². The molecule has 3 N–H and O–H groups in total. The second kappa shape index (κ2) is 5.18. The molecule has 4 nitrogen and oxygen atoms in total. The molecule has 1 amide bonds. The van der Waals surface area contributed by atoms with Crippen molar-refractivity contribution in [1.29, 1.82) is 0 Å². The third-order valence-electron chi connectivity index (χ3n) is 4.67. The fourth-order valence-corrected chi connectivity index (χ4v) is 4.10. The number of nitrogens with zero attached hydrogens (tertiary/aromatic N) is 1. The number of nitrogens with two attached hydrogens (primary N) is 1. The van der Waals surface area contributed by atoms with Gasteiger partial charge in [-0.25, -0.2) is 4.98 Å². The van der Waals surface area contributed by atoms with Gasteiger partial charge in [0.25, 0.3) is 0 Å². The van der Waals surface area contributed by atoms with E-state index in [-0.39, 0.29) is 5.91 Å². The van der Waals surface area contributed by atoms with Gasteiger partial charge in [0.15, 0.2) is 5.13 Å². The van der Waals surface area contributed by atoms with E-state index >= 15 is 0 Å². The Balaban J connectivity index is 1.50. The average molecular weight is 313 g/mol. The van der Waals surface area contributed by atoms with Crippen molar-refractivity contribution in [2.24, 2.45) is 5.73 Å². The maximum Gasteiger partial charge on any atom is 0.246 e. The zero-order valence-corrected chi connectivity index (χ0v) is 13.2. The molecule has 22 heavy (non-hydrogen) atoms. The lowest BCUT2D eigenvalue weighted by molar-refractivity contribution is -0.118. The Morgan fingerprint density at radius 3 is 2.82 bits per heavy atom. The number of fused-ring (bicyclic) bond motifs is 1. The maximum absolute atomic E-state index is 12.0. The number of hydrogen-bond donors (Lipinski definition) is 2. The van der Waals surface area contributed by atoms with Crippen molar-refractivity contribution in [2.45, 2.75) is 43.6 Å². The van der Waals surface area contributed by atoms with E-state index in [2.05, 4.69) is 40.6 Å². The molecule has 1 fully saturated rings. The predicted octanol–water partition coefficient (Wildman–Crippen LogP) is 2.85. The molecule has 2 aliphatic carbocycles. The highest BCUT2D eigenvalue weighted by Crippen LogP contribution is 2.38. The van der Waals surface area contributed by atoms with Crippen molar-refractivity contribution in [2.75, 3.05) is 5.32 Å². The van der Waals surface area contributed by atoms with Gasteiger partial charge in [-0.2, -0.15) is 0 Å². The number of amides is 1. The lowest BCUT2D eigenvalue weighted by atomic mass is 9.85. The third-order valence-corrected chi connectivity index (χ3v) is 5.71. The van der Waals surface area contributed by atoms with Crippen LogP contribution in [0.25, 0.3) is 0 Å². The van der Waals surface area contributed by atoms with Crippen LogP contribution in [-0.2, 0) is 17.6 Å². The van der Waals surface area contributed by atoms with Crippen LogP contribution < -0.4 is 11.1 Å². The van der Waals surface area contributed by atoms with E-state index in [1.165, 1.54) is 10.4 Å². The van der Waals surface area contributed by atoms with Crippen molar-refractivity contribution in [1.82, 2.24) is 4.98 Å². The van der Waals surface area contributed by atoms with Crippen LogP contribution in [0.15, 0.2) is 30.3 Å². The van der Waals surface area contributed by atoms with E-state index in [1.807, 2.05) is 0 Å². The number of thiazole rings is 1. The first-order chi connectivity index (χ1) is 10.6. The predicted molar refractivity (Wildman–Crippen MR) is 88.1 cm³/mol. The maximum atomic E-state index is 12.0. The van der Waals surface area contributed by atoms with E-state index in [9.17, 15) is 4.79 Å². The number of carbonyl (C=O) groups is 1. The molecule has 0 aliphatic heterocycles. The SMILES string of the molecule is NC1(C(=O)Nc2nc3c(s2)CC(c2ccccc2)CC3)CC1. The molecule has 1 aromatic heterocycles. The molecule has 2 aromatic rings. The minimum atomic E-state index is -0.640. The number of rotatable bonds is 3. The van der Waals surface area contributed by atoms with E-state index in [4.69, 9.17) is 5.73 Å². The standard InChI is InChI=1S/C17H19N3OS/c18-17(8-9-17)15(21)20-16-19-13-7-6-12(10-14(13)22-16)11-4-2-1-3-5-11/h1-5,12H,6-10,18H2,(H,19,20,21). The second-order valence-electron chi connectivity index (χ2n) is 6.35. The Kier molecular flexibility index (Phi) is 3.27. The van der Waals surface area contributed by atoms with Gasteiger partial charge in [0.1, 0.15) is 0 Å². The number of hydrogen-bond acceptors (Lipinski definition) is 4. The van der Waals surface area contributed by atoms with Crippen LogP contribution >= 0.6 is 11.3 Å². The topological polar surface area (TPSA) is 68.0 Å². The fraction of sp³-hybridized carbons (Fsp3) is 0.412. The quantitative estimate of drug-likeness (QED) is 0.915. The van der Waals surface area contributed by atoms with Gasteiger partial charge < -0.3 is 11.1 Å². The smallest absolute Gasteiger partial charge is 0.246 e. The largest absolute Gasteiger partial charge is 0.317 e. The van der Waals surface area contributed by atoms with E-state index in [0.29, 0.717) is 11.0 Å². The number of benzene rings is 1. The first-order valence-corrected chi connectivity index (χ1v) is 8.59. The summed E-state index contributed by atoms with van der Waals surface area (Å²) in [6, 6.07) is 10.6. The first kappa shape index (κ1) is 13.9. The van der Waals surface area contributed by atoms with Gasteiger partial charge in [-0.3, -0.25) is 4.79 Å². The number of carbonyl (C=O) groups excluding carboxylic acids is 1. The molecule has 5 heteroatoms. The van der Waals surface area contributed by atoms with Crippen LogP contribution in [-0.4, -0.2) is 16.4 Å². The van der Waals surface area contributed by atoms with E-state index < -0.39 is 5.54 Å². The molecule has 0 spiro atoms. The van der Waals surface area contributed by atoms with Crippen molar-refractivity contribution >= 4 is 22.4 Å². The molecule has 1 unspecified atom stereocenters. The molecule has 1 heterocycles. The number of aromatic nitrogens is 1. The summed E-state index contributed by atoms with van der Waals surface area (Å²) < 4.78 is 0. The minimum absolute atomic E-state index is 0.0850. The van der Waals surface area contributed by atoms with Crippen molar-refractivity contribution in [3.8, 4) is 0 Å². The highest BCUT2D eigenvalue weighted by atomic mass is 32.1. The summed E-state index contributed by atoms with van der Waals surface area (Å²) in [5.74, 6) is 0.472. The zero-order chi connectivity index (χ0) is 15.2. The Hall–Kier alpha value is -1.72. The van der Waals surface area contributed by atoms with Crippen LogP contribution in [0.1, 0.15) is 41.3 Å². The molecule has 0 bridgehead atoms. The monoisotopic (exact) mass is 313 g/mol. The first-order valence-electron chi connectivity index (χ1n) is 7.78. The highest BCUT2D eigenvalue weighted by Gasteiger charge is 2.46. The minimum Gasteiger partial charge on any atom is -0.317 e. The highest BCUT2D eigenvalue weighted by molar-refractivity contribution is 7.15. The van der Waals surface area contributed by atoms with Gasteiger partial charge >= 0.3 is 0 Å². The van der Waals surface area contributed by atoms with Crippen molar-refractivity contribution in [3.05, 3.63) is 46.5 Å². The number of anilines is 1. The summed E-state index contributed by atoms with van der Waals surface area (Å²) in [5, 5.41) is 3.61. The van der Waals surface area contributed by atoms with Crippen LogP contribution in [0.3, 0.4) is 0 Å². The summed E-state index contributed by atoms with van der Waals surface area (Å²) in [6.45, 7) is 0. The molecule has 0 radical (unpaired) electrons. The second-order valence-corrected chi connectivity index (χ2v) is 7.43. The lowest BCUT2D eigenvalue weighted by Crippen LogP contribution is -2.37. The Morgan fingerprint density at radius 1 is 1.32 bits per heavy atom. The van der Waals surface area contributed by atoms with Gasteiger partial charge in [0.2, 0.25) is 5.91 Å². The Bertz CT molecular complexity index is 706. The van der Waals surface area contributed by atoms with E-state index in [0.717, 1.165) is 37.8 Å². The van der Waals surface area contributed by atoms with Gasteiger partial charge in [-0.05, 0) is 43.6 Å². The van der Waals surface area contributed by atoms with Gasteiger partial charge in [0, 0.05) is 4.88 Å². The molecule has 1 aromatic carbocycles. The molecule has 4 rings (SSSR count). The molecule has 0 saturated heterocycles. The summed E-state index contributed by atoms with van der Waals surface area (Å²) >= 11 is 1.61. The number of aryl methyl sites for hydroxylation is 1. The van der Waals surface area contributed by atoms with Gasteiger partial charge in [-0.1, -0.05) is 30.3 Å². The molecular weight excluding hydrogens is 294 g/mol. The van der Waals surface area contributed by atoms with Gasteiger partial charge in [-0.15, -0.1) is 11.3 Å². The molecular formula is C17H19N3OS. The Labute approximate surface area is 133 Å². The summed E-state index contributed by atoms with van der Waals surface area (Å²) in [6.07, 6.45) is 4.67. The third kappa shape index (κ3) is 2.55. The van der Waals surface area contributed by atoms with Crippen LogP contribution in [0, 0.1) is 0 Å². The average Bonchev–Trinajstić information content (AvgIpc) is 3.16. The molecule has 1 atom stereocenters. The zero-order valence-electron chi connectivity index (χ0n) is 12.3. The normalized spacial score (nSPS) is 22.0. The molecule has 1 saturated carbocycles. The Morgan fingerprint density at radius 2 is 2.09 bits per heavy atom. The van der Waals surface area contributed by atoms with Gasteiger partial charge in [0.05, 0.1) is 11.2 Å². The summed E-state index contributed by atoms with van der Waals surface area (Å²) in [7, 11) is 0. The van der Waals surface area contributed by atoms with E-state index in [1.54, 1.807) is 11.3 Å². The number of nitrogens with one attached hydrogen (secondary N) is 1. The van der Waals surface area contributed by atoms with Crippen LogP contribution in [0.4, 0.5) is 5.13 Å². The molecule has 2 aliphatic rings. The van der Waals surface area contributed by atoms with Crippen LogP contribution in [0.5, 0.6) is 0 Å². The van der Waals surface area contributed by atoms with Crippen LogP contribution in [0.2, 0.25) is 0 Å².